The lowest BCUT2D eigenvalue weighted by molar-refractivity contribution is 0.0916. The number of benzene rings is 2. The summed E-state index contributed by atoms with van der Waals surface area (Å²) in [6.07, 6.45) is 7.17. The highest BCUT2D eigenvalue weighted by molar-refractivity contribution is 6.35. The van der Waals surface area contributed by atoms with E-state index in [0.717, 1.165) is 42.5 Å². The van der Waals surface area contributed by atoms with E-state index in [2.05, 4.69) is 39.9 Å². The number of aromatic nitrogens is 2. The van der Waals surface area contributed by atoms with Gasteiger partial charge in [0.1, 0.15) is 5.75 Å². The number of carbonyl (C=O) groups is 1. The number of amides is 1. The first-order chi connectivity index (χ1) is 20.3. The molecular formula is C32H38ClN7O2. The summed E-state index contributed by atoms with van der Waals surface area (Å²) in [7, 11) is 7.62. The maximum atomic E-state index is 13.1. The molecule has 220 valence electrons. The SMILES string of the molecule is CN/C(=C1\C(=N)CCc2cnc(Nc3ccc(C(=O)NC4CCC(N(C)C)CC4)cc3OC)nc21)c1ccccc1Cl. The summed E-state index contributed by atoms with van der Waals surface area (Å²) in [5, 5.41) is 19.1. The first-order valence-corrected chi connectivity index (χ1v) is 14.7. The van der Waals surface area contributed by atoms with E-state index in [-0.39, 0.29) is 11.9 Å². The van der Waals surface area contributed by atoms with Gasteiger partial charge in [0.15, 0.2) is 0 Å². The van der Waals surface area contributed by atoms with Crippen molar-refractivity contribution in [2.75, 3.05) is 33.6 Å². The Labute approximate surface area is 252 Å². The maximum absolute atomic E-state index is 13.1. The molecular weight excluding hydrogens is 550 g/mol. The van der Waals surface area contributed by atoms with Crippen molar-refractivity contribution in [3.05, 3.63) is 76.1 Å². The predicted octanol–water partition coefficient (Wildman–Crippen LogP) is 5.54. The fourth-order valence-corrected chi connectivity index (χ4v) is 6.01. The summed E-state index contributed by atoms with van der Waals surface area (Å²) in [5.41, 5.74) is 5.57. The summed E-state index contributed by atoms with van der Waals surface area (Å²) in [4.78, 5) is 24.7. The summed E-state index contributed by atoms with van der Waals surface area (Å²) in [5.74, 6) is 0.769. The number of hydrogen-bond acceptors (Lipinski definition) is 8. The lowest BCUT2D eigenvalue weighted by Gasteiger charge is -2.33. The molecule has 0 radical (unpaired) electrons. The number of halogens is 1. The van der Waals surface area contributed by atoms with Gasteiger partial charge in [0.05, 0.1) is 24.2 Å². The van der Waals surface area contributed by atoms with E-state index in [1.807, 2.05) is 31.3 Å². The Bertz CT molecular complexity index is 1510. The number of rotatable bonds is 8. The van der Waals surface area contributed by atoms with E-state index in [9.17, 15) is 4.79 Å². The third kappa shape index (κ3) is 6.27. The molecule has 2 aromatic carbocycles. The van der Waals surface area contributed by atoms with Crippen LogP contribution in [0.1, 0.15) is 59.3 Å². The van der Waals surface area contributed by atoms with Crippen LogP contribution in [-0.2, 0) is 6.42 Å². The molecule has 0 aliphatic heterocycles. The molecule has 9 nitrogen and oxygen atoms in total. The minimum Gasteiger partial charge on any atom is -0.495 e. The minimum absolute atomic E-state index is 0.106. The van der Waals surface area contributed by atoms with Gasteiger partial charge in [-0.2, -0.15) is 0 Å². The lowest BCUT2D eigenvalue weighted by atomic mass is 9.87. The van der Waals surface area contributed by atoms with Crippen LogP contribution in [0.4, 0.5) is 11.6 Å². The number of aryl methyl sites for hydroxylation is 1. The second-order valence-electron chi connectivity index (χ2n) is 11.0. The molecule has 0 atom stereocenters. The average Bonchev–Trinajstić information content (AvgIpc) is 2.99. The molecule has 2 aliphatic rings. The Morgan fingerprint density at radius 1 is 1.10 bits per heavy atom. The van der Waals surface area contributed by atoms with Gasteiger partial charge in [-0.15, -0.1) is 0 Å². The molecule has 1 heterocycles. The lowest BCUT2D eigenvalue weighted by Crippen LogP contribution is -2.41. The molecule has 1 amide bonds. The Kier molecular flexibility index (Phi) is 9.09. The number of allylic oxidation sites excluding steroid dienone is 1. The fraction of sp³-hybridized carbons (Fsp3) is 0.375. The fourth-order valence-electron chi connectivity index (χ4n) is 5.78. The van der Waals surface area contributed by atoms with Crippen molar-refractivity contribution in [2.24, 2.45) is 0 Å². The molecule has 1 aromatic heterocycles. The Balaban J connectivity index is 1.38. The van der Waals surface area contributed by atoms with Gasteiger partial charge >= 0.3 is 0 Å². The van der Waals surface area contributed by atoms with E-state index < -0.39 is 0 Å². The van der Waals surface area contributed by atoms with Crippen molar-refractivity contribution >= 4 is 46.1 Å². The van der Waals surface area contributed by atoms with Crippen LogP contribution in [0.5, 0.6) is 5.75 Å². The van der Waals surface area contributed by atoms with Crippen LogP contribution in [0.15, 0.2) is 48.7 Å². The quantitative estimate of drug-likeness (QED) is 0.273. The molecule has 0 unspecified atom stereocenters. The van der Waals surface area contributed by atoms with E-state index in [4.69, 9.17) is 26.7 Å². The zero-order chi connectivity index (χ0) is 29.8. The van der Waals surface area contributed by atoms with Crippen molar-refractivity contribution in [1.82, 2.24) is 25.5 Å². The van der Waals surface area contributed by atoms with Crippen LogP contribution >= 0.6 is 11.6 Å². The van der Waals surface area contributed by atoms with Crippen LogP contribution in [0, 0.1) is 5.41 Å². The molecule has 1 fully saturated rings. The van der Waals surface area contributed by atoms with Gasteiger partial charge in [-0.3, -0.25) is 4.79 Å². The van der Waals surface area contributed by atoms with E-state index in [0.29, 0.717) is 63.8 Å². The second-order valence-corrected chi connectivity index (χ2v) is 11.4. The van der Waals surface area contributed by atoms with Gasteiger partial charge < -0.3 is 31.0 Å². The van der Waals surface area contributed by atoms with E-state index in [1.165, 1.54) is 0 Å². The summed E-state index contributed by atoms with van der Waals surface area (Å²) in [6.45, 7) is 0. The summed E-state index contributed by atoms with van der Waals surface area (Å²) < 4.78 is 5.64. The third-order valence-electron chi connectivity index (χ3n) is 8.16. The van der Waals surface area contributed by atoms with Crippen molar-refractivity contribution < 1.29 is 9.53 Å². The average molecular weight is 588 g/mol. The Morgan fingerprint density at radius 3 is 2.55 bits per heavy atom. The van der Waals surface area contributed by atoms with Gasteiger partial charge in [0.2, 0.25) is 5.95 Å². The molecule has 0 bridgehead atoms. The number of methoxy groups -OCH3 is 1. The zero-order valence-corrected chi connectivity index (χ0v) is 25.3. The van der Waals surface area contributed by atoms with E-state index in [1.54, 1.807) is 31.5 Å². The molecule has 1 saturated carbocycles. The highest BCUT2D eigenvalue weighted by atomic mass is 35.5. The number of ether oxygens (including phenoxy) is 1. The first kappa shape index (κ1) is 29.5. The molecule has 2 aliphatic carbocycles. The van der Waals surface area contributed by atoms with Crippen molar-refractivity contribution in [1.29, 1.82) is 5.41 Å². The van der Waals surface area contributed by atoms with Gasteiger partial charge in [0, 0.05) is 52.8 Å². The molecule has 3 aromatic rings. The zero-order valence-electron chi connectivity index (χ0n) is 24.6. The Hall–Kier alpha value is -3.95. The minimum atomic E-state index is -0.106. The number of nitrogens with one attached hydrogen (secondary N) is 4. The summed E-state index contributed by atoms with van der Waals surface area (Å²) in [6, 6.07) is 13.6. The molecule has 5 rings (SSSR count). The van der Waals surface area contributed by atoms with Gasteiger partial charge in [-0.05, 0) is 82.4 Å². The number of hydrogen-bond donors (Lipinski definition) is 4. The third-order valence-corrected chi connectivity index (χ3v) is 8.49. The number of fused-ring (bicyclic) bond motifs is 1. The van der Waals surface area contributed by atoms with Crippen molar-refractivity contribution in [3.63, 3.8) is 0 Å². The summed E-state index contributed by atoms with van der Waals surface area (Å²) >= 11 is 6.54. The highest BCUT2D eigenvalue weighted by Crippen LogP contribution is 2.36. The topological polar surface area (TPSA) is 115 Å². The maximum Gasteiger partial charge on any atom is 0.251 e. The van der Waals surface area contributed by atoms with Gasteiger partial charge in [-0.25, -0.2) is 9.97 Å². The first-order valence-electron chi connectivity index (χ1n) is 14.3. The van der Waals surface area contributed by atoms with Gasteiger partial charge in [0.25, 0.3) is 5.91 Å². The largest absolute Gasteiger partial charge is 0.495 e. The van der Waals surface area contributed by atoms with Crippen LogP contribution < -0.4 is 20.7 Å². The molecule has 4 N–H and O–H groups in total. The van der Waals surface area contributed by atoms with Crippen molar-refractivity contribution in [3.8, 4) is 5.75 Å². The van der Waals surface area contributed by atoms with Gasteiger partial charge in [-0.1, -0.05) is 29.8 Å². The smallest absolute Gasteiger partial charge is 0.251 e. The second kappa shape index (κ2) is 12.9. The van der Waals surface area contributed by atoms with Crippen LogP contribution in [0.3, 0.4) is 0 Å². The normalized spacial score (nSPS) is 19.6. The molecule has 0 spiro atoms. The Morgan fingerprint density at radius 2 is 1.86 bits per heavy atom. The molecule has 42 heavy (non-hydrogen) atoms. The standard InChI is InChI=1S/C32H38ClN7O2/c1-35-30(23-7-5-6-8-24(23)33)28-25(34)15-9-20-18-36-32(39-29(20)28)38-26-16-10-19(17-27(26)42-4)31(41)37-21-11-13-22(14-12-21)40(2)3/h5-8,10,16-18,21-22,34-35H,9,11-15H2,1-4H3,(H,37,41)(H,36,38,39)/b30-28+,34-25?. The monoisotopic (exact) mass is 587 g/mol. The van der Waals surface area contributed by atoms with Crippen LogP contribution in [0.25, 0.3) is 11.3 Å². The van der Waals surface area contributed by atoms with E-state index >= 15 is 0 Å². The van der Waals surface area contributed by atoms with Crippen LogP contribution in [-0.4, -0.2) is 66.8 Å². The van der Waals surface area contributed by atoms with Crippen molar-refractivity contribution in [2.45, 2.75) is 50.6 Å². The number of nitrogens with zero attached hydrogens (tertiary/aromatic N) is 3. The number of carbonyl (C=O) groups excluding carboxylic acids is 1. The predicted molar refractivity (Wildman–Crippen MR) is 169 cm³/mol. The highest BCUT2D eigenvalue weighted by Gasteiger charge is 2.27. The van der Waals surface area contributed by atoms with Crippen LogP contribution in [0.2, 0.25) is 5.02 Å². The molecule has 0 saturated heterocycles. The number of anilines is 2. The molecule has 10 heteroatoms.